The fourth-order valence-electron chi connectivity index (χ4n) is 2.95. The molecule has 0 saturated heterocycles. The van der Waals surface area contributed by atoms with E-state index in [1.807, 2.05) is 60.7 Å². The minimum Gasteiger partial charge on any atom is -0.0622 e. The minimum atomic E-state index is -0.879. The predicted octanol–water partition coefficient (Wildman–Crippen LogP) is 5.74. The fourth-order valence-corrected chi connectivity index (χ4v) is 4.54. The molecule has 0 radical (unpaired) electrons. The molecule has 0 aromatic heterocycles. The van der Waals surface area contributed by atoms with Gasteiger partial charge in [-0.2, -0.15) is 0 Å². The molecule has 0 bridgehead atoms. The molecule has 0 aliphatic heterocycles. The van der Waals surface area contributed by atoms with Crippen molar-refractivity contribution in [2.75, 3.05) is 0 Å². The third kappa shape index (κ3) is 4.64. The largest absolute Gasteiger partial charge is 0.0823 e. The van der Waals surface area contributed by atoms with E-state index in [-0.39, 0.29) is 0 Å². The summed E-state index contributed by atoms with van der Waals surface area (Å²) in [5.41, 5.74) is 12.8. The number of hydrogen-bond donors (Lipinski definition) is 0. The monoisotopic (exact) mass is 352 g/mol. The van der Waals surface area contributed by atoms with Gasteiger partial charge < -0.3 is 0 Å². The van der Waals surface area contributed by atoms with Crippen molar-refractivity contribution in [3.63, 3.8) is 0 Å². The molecule has 0 atom stereocenters. The van der Waals surface area contributed by atoms with E-state index in [0.717, 1.165) is 11.1 Å². The van der Waals surface area contributed by atoms with Crippen molar-refractivity contribution in [1.29, 1.82) is 0 Å². The quantitative estimate of drug-likeness (QED) is 0.387. The Kier molecular flexibility index (Phi) is 5.92. The molecule has 3 aromatic rings. The molecule has 126 valence electrons. The van der Waals surface area contributed by atoms with E-state index in [1.165, 1.54) is 22.0 Å². The van der Waals surface area contributed by atoms with Gasteiger partial charge in [-0.3, -0.25) is 0 Å². The molecule has 3 aromatic carbocycles. The number of hydrogen-bond acceptors (Lipinski definition) is 0. The summed E-state index contributed by atoms with van der Waals surface area (Å²) in [6.45, 7) is 6.47. The first-order chi connectivity index (χ1) is 12.6. The van der Waals surface area contributed by atoms with E-state index in [9.17, 15) is 0 Å². The van der Waals surface area contributed by atoms with Crippen LogP contribution in [0.15, 0.2) is 72.8 Å². The lowest BCUT2D eigenvalue weighted by Gasteiger charge is -2.13. The summed E-state index contributed by atoms with van der Waals surface area (Å²) in [5.74, 6) is 6.65. The van der Waals surface area contributed by atoms with Crippen LogP contribution in [0, 0.1) is 43.9 Å². The summed E-state index contributed by atoms with van der Waals surface area (Å²) in [6.07, 6.45) is 0. The normalized spacial score (nSPS) is 9.85. The fraction of sp³-hybridized carbons (Fsp3) is 0.120. The van der Waals surface area contributed by atoms with Gasteiger partial charge in [0.05, 0.1) is 7.92 Å². The molecule has 0 aliphatic carbocycles. The van der Waals surface area contributed by atoms with E-state index in [4.69, 9.17) is 0 Å². The van der Waals surface area contributed by atoms with Crippen LogP contribution in [0.5, 0.6) is 0 Å². The van der Waals surface area contributed by atoms with Gasteiger partial charge in [0.15, 0.2) is 0 Å². The maximum atomic E-state index is 3.46. The Morgan fingerprint density at radius 3 is 1.46 bits per heavy atom. The van der Waals surface area contributed by atoms with Crippen LogP contribution in [0.1, 0.15) is 27.8 Å². The van der Waals surface area contributed by atoms with Gasteiger partial charge in [0.25, 0.3) is 0 Å². The van der Waals surface area contributed by atoms with E-state index in [2.05, 4.69) is 56.1 Å². The average molecular weight is 352 g/mol. The molecule has 3 rings (SSSR count). The third-order valence-corrected chi connectivity index (χ3v) is 5.85. The Morgan fingerprint density at radius 2 is 1.04 bits per heavy atom. The molecule has 0 spiro atoms. The molecular formula is C25H21P. The molecule has 1 heteroatoms. The molecule has 0 amide bonds. The number of benzene rings is 3. The smallest absolute Gasteiger partial charge is 0.0622 e. The molecule has 0 nitrogen and oxygen atoms in total. The maximum absolute atomic E-state index is 3.46. The molecular weight excluding hydrogens is 331 g/mol. The SMILES string of the molecule is Cc1cc(C)c(P(C#Cc2ccccc2)C#Cc2ccccc2)c(C)c1. The molecule has 0 unspecified atom stereocenters. The number of aryl methyl sites for hydroxylation is 3. The van der Waals surface area contributed by atoms with E-state index < -0.39 is 7.92 Å². The standard InChI is InChI=1S/C25H21P/c1-20-18-21(2)25(22(3)19-20)26(16-14-23-10-6-4-7-11-23)17-15-24-12-8-5-9-13-24/h4-13,18-19H,1-3H3. The number of rotatable bonds is 1. The van der Waals surface area contributed by atoms with Crippen LogP contribution in [0.2, 0.25) is 0 Å². The van der Waals surface area contributed by atoms with Crippen molar-refractivity contribution < 1.29 is 0 Å². The van der Waals surface area contributed by atoms with Crippen LogP contribution in [0.25, 0.3) is 0 Å². The Bertz CT molecular complexity index is 929. The van der Waals surface area contributed by atoms with Gasteiger partial charge in [0.2, 0.25) is 0 Å². The van der Waals surface area contributed by atoms with Crippen LogP contribution in [0.3, 0.4) is 0 Å². The predicted molar refractivity (Wildman–Crippen MR) is 114 cm³/mol. The lowest BCUT2D eigenvalue weighted by Crippen LogP contribution is -2.09. The summed E-state index contributed by atoms with van der Waals surface area (Å²) in [4.78, 5) is 0. The summed E-state index contributed by atoms with van der Waals surface area (Å²) < 4.78 is 0. The van der Waals surface area contributed by atoms with E-state index in [0.29, 0.717) is 0 Å². The summed E-state index contributed by atoms with van der Waals surface area (Å²) in [7, 11) is -0.879. The molecule has 26 heavy (non-hydrogen) atoms. The highest BCUT2D eigenvalue weighted by molar-refractivity contribution is 7.75. The van der Waals surface area contributed by atoms with Crippen molar-refractivity contribution >= 4 is 13.2 Å². The molecule has 0 saturated carbocycles. The topological polar surface area (TPSA) is 0 Å². The molecule has 0 fully saturated rings. The van der Waals surface area contributed by atoms with Gasteiger partial charge in [-0.05, 0) is 56.2 Å². The summed E-state index contributed by atoms with van der Waals surface area (Å²) in [6, 6.07) is 24.7. The van der Waals surface area contributed by atoms with Gasteiger partial charge in [-0.25, -0.2) is 0 Å². The second-order valence-electron chi connectivity index (χ2n) is 6.29. The lowest BCUT2D eigenvalue weighted by molar-refractivity contribution is 1.36. The Hall–Kier alpha value is -2.79. The van der Waals surface area contributed by atoms with Crippen LogP contribution in [-0.4, -0.2) is 0 Å². The Balaban J connectivity index is 2.06. The molecule has 0 heterocycles. The van der Waals surface area contributed by atoms with Crippen molar-refractivity contribution in [3.05, 3.63) is 101 Å². The average Bonchev–Trinajstić information content (AvgIpc) is 2.64. The first-order valence-corrected chi connectivity index (χ1v) is 9.99. The van der Waals surface area contributed by atoms with Gasteiger partial charge in [0, 0.05) is 16.4 Å². The minimum absolute atomic E-state index is 0.879. The first kappa shape index (κ1) is 18.0. The maximum Gasteiger partial charge on any atom is 0.0823 e. The van der Waals surface area contributed by atoms with Crippen molar-refractivity contribution in [1.82, 2.24) is 0 Å². The highest BCUT2D eigenvalue weighted by atomic mass is 31.1. The zero-order valence-electron chi connectivity index (χ0n) is 15.4. The summed E-state index contributed by atoms with van der Waals surface area (Å²) in [5, 5.41) is 1.29. The zero-order chi connectivity index (χ0) is 18.4. The molecule has 0 aliphatic rings. The van der Waals surface area contributed by atoms with Crippen LogP contribution >= 0.6 is 7.92 Å². The zero-order valence-corrected chi connectivity index (χ0v) is 16.3. The van der Waals surface area contributed by atoms with Crippen molar-refractivity contribution in [2.45, 2.75) is 20.8 Å². The highest BCUT2D eigenvalue weighted by Crippen LogP contribution is 2.35. The van der Waals surface area contributed by atoms with Gasteiger partial charge >= 0.3 is 0 Å². The Labute approximate surface area is 158 Å². The first-order valence-electron chi connectivity index (χ1n) is 8.65. The van der Waals surface area contributed by atoms with Crippen LogP contribution in [-0.2, 0) is 0 Å². The van der Waals surface area contributed by atoms with E-state index >= 15 is 0 Å². The molecule has 0 N–H and O–H groups in total. The van der Waals surface area contributed by atoms with Crippen molar-refractivity contribution in [2.24, 2.45) is 0 Å². The highest BCUT2D eigenvalue weighted by Gasteiger charge is 2.12. The van der Waals surface area contributed by atoms with Gasteiger partial charge in [-0.15, -0.1) is 0 Å². The van der Waals surface area contributed by atoms with Gasteiger partial charge in [0.1, 0.15) is 0 Å². The van der Waals surface area contributed by atoms with E-state index in [1.54, 1.807) is 0 Å². The second kappa shape index (κ2) is 8.54. The third-order valence-electron chi connectivity index (χ3n) is 4.03. The second-order valence-corrected chi connectivity index (χ2v) is 7.85. The van der Waals surface area contributed by atoms with Crippen molar-refractivity contribution in [3.8, 4) is 23.2 Å². The lowest BCUT2D eigenvalue weighted by atomic mass is 10.1. The summed E-state index contributed by atoms with van der Waals surface area (Å²) >= 11 is 0. The van der Waals surface area contributed by atoms with Crippen LogP contribution < -0.4 is 5.30 Å². The van der Waals surface area contributed by atoms with Crippen LogP contribution in [0.4, 0.5) is 0 Å². The Morgan fingerprint density at radius 1 is 0.615 bits per heavy atom. The van der Waals surface area contributed by atoms with Gasteiger partial charge in [-0.1, -0.05) is 77.3 Å².